The molecule has 0 bridgehead atoms. The monoisotopic (exact) mass is 165 g/mol. The Bertz CT molecular complexity index is 258. The molecule has 0 radical (unpaired) electrons. The van der Waals surface area contributed by atoms with E-state index in [1.54, 1.807) is 6.92 Å². The maximum Gasteiger partial charge on any atom is 0.331 e. The molecule has 3 nitrogen and oxygen atoms in total. The van der Waals surface area contributed by atoms with Gasteiger partial charge in [-0.05, 0) is 12.5 Å². The zero-order chi connectivity index (χ0) is 8.97. The van der Waals surface area contributed by atoms with Crippen LogP contribution in [0.15, 0.2) is 30.3 Å². The van der Waals surface area contributed by atoms with Gasteiger partial charge in [-0.2, -0.15) is 5.90 Å². The minimum absolute atomic E-state index is 0.295. The van der Waals surface area contributed by atoms with Crippen molar-refractivity contribution in [2.75, 3.05) is 0 Å². The van der Waals surface area contributed by atoms with Crippen molar-refractivity contribution in [3.63, 3.8) is 0 Å². The molecule has 3 heteroatoms. The molecule has 0 heterocycles. The van der Waals surface area contributed by atoms with E-state index in [0.29, 0.717) is 0 Å². The lowest BCUT2D eigenvalue weighted by Gasteiger charge is -2.07. The summed E-state index contributed by atoms with van der Waals surface area (Å²) in [7, 11) is 0. The molecule has 0 aromatic heterocycles. The number of rotatable bonds is 2. The van der Waals surface area contributed by atoms with Gasteiger partial charge in [0.15, 0.2) is 0 Å². The fourth-order valence-electron chi connectivity index (χ4n) is 0.980. The molecular weight excluding hydrogens is 154 g/mol. The Hall–Kier alpha value is -1.35. The van der Waals surface area contributed by atoms with Crippen LogP contribution in [0.2, 0.25) is 0 Å². The van der Waals surface area contributed by atoms with Crippen LogP contribution in [0.3, 0.4) is 0 Å². The third-order valence-electron chi connectivity index (χ3n) is 1.77. The van der Waals surface area contributed by atoms with Crippen molar-refractivity contribution in [1.82, 2.24) is 0 Å². The van der Waals surface area contributed by atoms with E-state index in [0.717, 1.165) is 5.56 Å². The van der Waals surface area contributed by atoms with Gasteiger partial charge < -0.3 is 4.84 Å². The van der Waals surface area contributed by atoms with Gasteiger partial charge >= 0.3 is 5.97 Å². The van der Waals surface area contributed by atoms with Gasteiger partial charge in [0.25, 0.3) is 0 Å². The quantitative estimate of drug-likeness (QED) is 0.670. The van der Waals surface area contributed by atoms with Gasteiger partial charge in [0.05, 0.1) is 5.92 Å². The molecule has 0 fully saturated rings. The Morgan fingerprint density at radius 1 is 1.42 bits per heavy atom. The first-order chi connectivity index (χ1) is 5.75. The Balaban J connectivity index is 2.78. The van der Waals surface area contributed by atoms with Crippen LogP contribution in [0.5, 0.6) is 0 Å². The van der Waals surface area contributed by atoms with E-state index in [1.807, 2.05) is 30.3 Å². The molecular formula is C9H11NO2. The van der Waals surface area contributed by atoms with Crippen molar-refractivity contribution in [3.05, 3.63) is 35.9 Å². The molecule has 0 unspecified atom stereocenters. The molecule has 12 heavy (non-hydrogen) atoms. The highest BCUT2D eigenvalue weighted by Gasteiger charge is 2.14. The third kappa shape index (κ3) is 1.83. The summed E-state index contributed by atoms with van der Waals surface area (Å²) < 4.78 is 0. The molecule has 0 aliphatic carbocycles. The second-order valence-electron chi connectivity index (χ2n) is 2.57. The van der Waals surface area contributed by atoms with Crippen LogP contribution in [0, 0.1) is 0 Å². The number of nitrogens with two attached hydrogens (primary N) is 1. The molecule has 0 spiro atoms. The molecule has 0 aliphatic heterocycles. The SMILES string of the molecule is C[C@@H](C(=O)ON)c1ccccc1. The number of hydrogen-bond acceptors (Lipinski definition) is 3. The second kappa shape index (κ2) is 3.88. The van der Waals surface area contributed by atoms with Crippen LogP contribution in [-0.2, 0) is 9.63 Å². The van der Waals surface area contributed by atoms with Crippen LogP contribution >= 0.6 is 0 Å². The topological polar surface area (TPSA) is 52.3 Å². The van der Waals surface area contributed by atoms with Crippen LogP contribution in [0.4, 0.5) is 0 Å². The van der Waals surface area contributed by atoms with Crippen molar-refractivity contribution in [2.45, 2.75) is 12.8 Å². The largest absolute Gasteiger partial charge is 0.373 e. The molecule has 0 aliphatic rings. The highest BCUT2D eigenvalue weighted by Crippen LogP contribution is 2.14. The average molecular weight is 165 g/mol. The normalized spacial score (nSPS) is 12.2. The molecule has 1 aromatic carbocycles. The Morgan fingerprint density at radius 3 is 2.50 bits per heavy atom. The lowest BCUT2D eigenvalue weighted by molar-refractivity contribution is -0.145. The van der Waals surface area contributed by atoms with Crippen molar-refractivity contribution in [2.24, 2.45) is 5.90 Å². The van der Waals surface area contributed by atoms with Crippen molar-refractivity contribution in [1.29, 1.82) is 0 Å². The Morgan fingerprint density at radius 2 is 2.00 bits per heavy atom. The van der Waals surface area contributed by atoms with E-state index in [-0.39, 0.29) is 5.92 Å². The Labute approximate surface area is 71.1 Å². The van der Waals surface area contributed by atoms with Crippen molar-refractivity contribution in [3.8, 4) is 0 Å². The highest BCUT2D eigenvalue weighted by atomic mass is 16.7. The summed E-state index contributed by atoms with van der Waals surface area (Å²) in [6.07, 6.45) is 0. The standard InChI is InChI=1S/C9H11NO2/c1-7(9(11)12-10)8-5-3-2-4-6-8/h2-7H,10H2,1H3/t7-/m1/s1. The predicted molar refractivity (Wildman–Crippen MR) is 45.1 cm³/mol. The van der Waals surface area contributed by atoms with E-state index in [9.17, 15) is 4.79 Å². The van der Waals surface area contributed by atoms with Gasteiger partial charge in [-0.15, -0.1) is 0 Å². The van der Waals surface area contributed by atoms with Crippen LogP contribution in [0.1, 0.15) is 18.4 Å². The van der Waals surface area contributed by atoms with Crippen LogP contribution in [0.25, 0.3) is 0 Å². The molecule has 64 valence electrons. The predicted octanol–water partition coefficient (Wildman–Crippen LogP) is 1.21. The summed E-state index contributed by atoms with van der Waals surface area (Å²) in [6.45, 7) is 1.75. The minimum Gasteiger partial charge on any atom is -0.373 e. The molecule has 2 N–H and O–H groups in total. The number of benzene rings is 1. The zero-order valence-electron chi connectivity index (χ0n) is 6.86. The van der Waals surface area contributed by atoms with E-state index < -0.39 is 5.97 Å². The van der Waals surface area contributed by atoms with Gasteiger partial charge in [0.1, 0.15) is 0 Å². The Kier molecular flexibility index (Phi) is 2.82. The minimum atomic E-state index is -0.416. The molecule has 1 aromatic rings. The summed E-state index contributed by atoms with van der Waals surface area (Å²) in [5.41, 5.74) is 0.910. The molecule has 1 rings (SSSR count). The molecule has 1 atom stereocenters. The zero-order valence-corrected chi connectivity index (χ0v) is 6.86. The van der Waals surface area contributed by atoms with Gasteiger partial charge in [0.2, 0.25) is 0 Å². The summed E-state index contributed by atoms with van der Waals surface area (Å²) in [4.78, 5) is 15.1. The summed E-state index contributed by atoms with van der Waals surface area (Å²) in [6, 6.07) is 9.36. The van der Waals surface area contributed by atoms with Crippen molar-refractivity contribution >= 4 is 5.97 Å². The van der Waals surface area contributed by atoms with Crippen LogP contribution in [-0.4, -0.2) is 5.97 Å². The number of carbonyl (C=O) groups excluding carboxylic acids is 1. The summed E-state index contributed by atoms with van der Waals surface area (Å²) in [5, 5.41) is 0. The van der Waals surface area contributed by atoms with E-state index in [4.69, 9.17) is 5.90 Å². The third-order valence-corrected chi connectivity index (χ3v) is 1.77. The number of carbonyl (C=O) groups is 1. The first kappa shape index (κ1) is 8.74. The highest BCUT2D eigenvalue weighted by molar-refractivity contribution is 5.77. The van der Waals surface area contributed by atoms with E-state index in [2.05, 4.69) is 4.84 Å². The van der Waals surface area contributed by atoms with Gasteiger partial charge in [-0.1, -0.05) is 30.3 Å². The number of hydrogen-bond donors (Lipinski definition) is 1. The van der Waals surface area contributed by atoms with E-state index in [1.165, 1.54) is 0 Å². The average Bonchev–Trinajstić information content (AvgIpc) is 2.17. The summed E-state index contributed by atoms with van der Waals surface area (Å²) in [5.74, 6) is 4.05. The first-order valence-corrected chi connectivity index (χ1v) is 3.71. The van der Waals surface area contributed by atoms with Gasteiger partial charge in [0, 0.05) is 0 Å². The van der Waals surface area contributed by atoms with Gasteiger partial charge in [-0.25, -0.2) is 4.79 Å². The maximum absolute atomic E-state index is 11.0. The van der Waals surface area contributed by atoms with E-state index >= 15 is 0 Å². The smallest absolute Gasteiger partial charge is 0.331 e. The molecule has 0 amide bonds. The van der Waals surface area contributed by atoms with Gasteiger partial charge in [-0.3, -0.25) is 0 Å². The molecule has 0 saturated carbocycles. The second-order valence-corrected chi connectivity index (χ2v) is 2.57. The first-order valence-electron chi connectivity index (χ1n) is 3.71. The fraction of sp³-hybridized carbons (Fsp3) is 0.222. The summed E-state index contributed by atoms with van der Waals surface area (Å²) >= 11 is 0. The van der Waals surface area contributed by atoms with Crippen molar-refractivity contribution < 1.29 is 9.63 Å². The lowest BCUT2D eigenvalue weighted by atomic mass is 10.0. The fourth-order valence-corrected chi connectivity index (χ4v) is 0.980. The maximum atomic E-state index is 11.0. The lowest BCUT2D eigenvalue weighted by Crippen LogP contribution is -2.16. The van der Waals surface area contributed by atoms with Crippen LogP contribution < -0.4 is 5.90 Å². The molecule has 0 saturated heterocycles.